The second-order valence-electron chi connectivity index (χ2n) is 4.78. The van der Waals surface area contributed by atoms with E-state index in [1.165, 1.54) is 12.1 Å². The molecule has 0 aromatic heterocycles. The number of nitrogens with zero attached hydrogens (tertiary/aromatic N) is 2. The number of likely N-dealkylation sites (N-methyl/N-ethyl adjacent to an activating group) is 1. The molecule has 0 aliphatic carbocycles. The summed E-state index contributed by atoms with van der Waals surface area (Å²) in [5.74, 6) is 0. The van der Waals surface area contributed by atoms with Crippen LogP contribution in [0.3, 0.4) is 0 Å². The van der Waals surface area contributed by atoms with Crippen LogP contribution in [0.1, 0.15) is 19.4 Å². The third-order valence-corrected chi connectivity index (χ3v) is 3.44. The Morgan fingerprint density at radius 3 is 2.68 bits per heavy atom. The lowest BCUT2D eigenvalue weighted by atomic mass is 10.2. The molecule has 19 heavy (non-hydrogen) atoms. The van der Waals surface area contributed by atoms with Crippen LogP contribution in [0.25, 0.3) is 0 Å². The lowest BCUT2D eigenvalue weighted by molar-refractivity contribution is -0.384. The van der Waals surface area contributed by atoms with Gasteiger partial charge in [0, 0.05) is 37.8 Å². The fourth-order valence-electron chi connectivity index (χ4n) is 1.53. The summed E-state index contributed by atoms with van der Waals surface area (Å²) >= 11 is 6.01. The van der Waals surface area contributed by atoms with Gasteiger partial charge in [0.05, 0.1) is 9.95 Å². The van der Waals surface area contributed by atoms with Gasteiger partial charge >= 0.3 is 0 Å². The van der Waals surface area contributed by atoms with Crippen molar-refractivity contribution >= 4 is 17.3 Å². The first-order chi connectivity index (χ1) is 8.91. The van der Waals surface area contributed by atoms with Crippen LogP contribution < -0.4 is 5.32 Å². The Bertz CT molecular complexity index is 438. The minimum absolute atomic E-state index is 0.0216. The molecule has 6 heteroatoms. The molecule has 0 spiro atoms. The number of nitro benzene ring substituents is 1. The molecule has 1 rings (SSSR count). The van der Waals surface area contributed by atoms with Crippen molar-refractivity contribution in [2.24, 2.45) is 0 Å². The monoisotopic (exact) mass is 285 g/mol. The van der Waals surface area contributed by atoms with Gasteiger partial charge in [-0.15, -0.1) is 0 Å². The molecular weight excluding hydrogens is 266 g/mol. The van der Waals surface area contributed by atoms with Crippen molar-refractivity contribution < 1.29 is 4.92 Å². The Morgan fingerprint density at radius 1 is 1.47 bits per heavy atom. The lowest BCUT2D eigenvalue weighted by Gasteiger charge is -2.21. The zero-order valence-corrected chi connectivity index (χ0v) is 12.3. The third kappa shape index (κ3) is 5.14. The minimum Gasteiger partial charge on any atom is -0.311 e. The van der Waals surface area contributed by atoms with Gasteiger partial charge in [-0.1, -0.05) is 11.6 Å². The molecule has 5 nitrogen and oxygen atoms in total. The average Bonchev–Trinajstić information content (AvgIpc) is 2.35. The molecule has 0 heterocycles. The summed E-state index contributed by atoms with van der Waals surface area (Å²) in [6.45, 7) is 6.70. The van der Waals surface area contributed by atoms with Crippen molar-refractivity contribution in [2.45, 2.75) is 26.4 Å². The van der Waals surface area contributed by atoms with Gasteiger partial charge in [0.2, 0.25) is 0 Å². The first-order valence-electron chi connectivity index (χ1n) is 6.25. The highest BCUT2D eigenvalue weighted by atomic mass is 35.5. The molecule has 0 saturated carbocycles. The molecule has 0 atom stereocenters. The molecule has 1 N–H and O–H groups in total. The fourth-order valence-corrected chi connectivity index (χ4v) is 1.77. The summed E-state index contributed by atoms with van der Waals surface area (Å²) in [7, 11) is 2.07. The van der Waals surface area contributed by atoms with Gasteiger partial charge in [-0.3, -0.25) is 10.1 Å². The molecule has 0 unspecified atom stereocenters. The maximum Gasteiger partial charge on any atom is 0.270 e. The van der Waals surface area contributed by atoms with Crippen molar-refractivity contribution in [1.29, 1.82) is 0 Å². The maximum absolute atomic E-state index is 10.6. The van der Waals surface area contributed by atoms with E-state index in [4.69, 9.17) is 11.6 Å². The van der Waals surface area contributed by atoms with E-state index in [0.717, 1.165) is 18.7 Å². The van der Waals surface area contributed by atoms with Crippen LogP contribution in [0, 0.1) is 10.1 Å². The number of nitro groups is 1. The number of hydrogen-bond acceptors (Lipinski definition) is 4. The Morgan fingerprint density at radius 2 is 2.16 bits per heavy atom. The standard InChI is InChI=1S/C13H20ClN3O2/c1-10(2)16(3)7-6-15-9-11-4-5-12(17(18)19)8-13(11)14/h4-5,8,10,15H,6-7,9H2,1-3H3. The van der Waals surface area contributed by atoms with E-state index in [9.17, 15) is 10.1 Å². The largest absolute Gasteiger partial charge is 0.311 e. The summed E-state index contributed by atoms with van der Waals surface area (Å²) in [6, 6.07) is 5.08. The van der Waals surface area contributed by atoms with E-state index in [0.29, 0.717) is 17.6 Å². The summed E-state index contributed by atoms with van der Waals surface area (Å²) in [6.07, 6.45) is 0. The molecule has 1 aromatic carbocycles. The Kier molecular flexibility index (Phi) is 6.21. The summed E-state index contributed by atoms with van der Waals surface area (Å²) in [5.41, 5.74) is 0.896. The van der Waals surface area contributed by atoms with Gasteiger partial charge in [0.25, 0.3) is 5.69 Å². The molecule has 0 radical (unpaired) electrons. The van der Waals surface area contributed by atoms with Crippen molar-refractivity contribution in [3.05, 3.63) is 38.9 Å². The van der Waals surface area contributed by atoms with E-state index in [-0.39, 0.29) is 5.69 Å². The van der Waals surface area contributed by atoms with E-state index in [1.54, 1.807) is 6.07 Å². The quantitative estimate of drug-likeness (QED) is 0.475. The maximum atomic E-state index is 10.6. The molecule has 0 aliphatic heterocycles. The van der Waals surface area contributed by atoms with Crippen molar-refractivity contribution in [1.82, 2.24) is 10.2 Å². The number of non-ortho nitro benzene ring substituents is 1. The summed E-state index contributed by atoms with van der Waals surface area (Å²) < 4.78 is 0. The molecule has 1 aromatic rings. The molecule has 0 amide bonds. The Balaban J connectivity index is 2.44. The van der Waals surface area contributed by atoms with Crippen LogP contribution >= 0.6 is 11.6 Å². The van der Waals surface area contributed by atoms with Gasteiger partial charge in [-0.2, -0.15) is 0 Å². The van der Waals surface area contributed by atoms with Crippen LogP contribution in [0.4, 0.5) is 5.69 Å². The zero-order chi connectivity index (χ0) is 14.4. The number of rotatable bonds is 7. The summed E-state index contributed by atoms with van der Waals surface area (Å²) in [4.78, 5) is 12.4. The van der Waals surface area contributed by atoms with E-state index in [1.807, 2.05) is 0 Å². The highest BCUT2D eigenvalue weighted by Gasteiger charge is 2.09. The van der Waals surface area contributed by atoms with Crippen molar-refractivity contribution in [2.75, 3.05) is 20.1 Å². The highest BCUT2D eigenvalue weighted by Crippen LogP contribution is 2.22. The van der Waals surface area contributed by atoms with Crippen LogP contribution in [0.5, 0.6) is 0 Å². The van der Waals surface area contributed by atoms with Crippen LogP contribution in [0.2, 0.25) is 5.02 Å². The van der Waals surface area contributed by atoms with Gasteiger partial charge in [-0.05, 0) is 32.5 Å². The molecule has 106 valence electrons. The molecule has 0 bridgehead atoms. The third-order valence-electron chi connectivity index (χ3n) is 3.09. The summed E-state index contributed by atoms with van der Waals surface area (Å²) in [5, 5.41) is 14.3. The number of halogens is 1. The van der Waals surface area contributed by atoms with Gasteiger partial charge < -0.3 is 10.2 Å². The van der Waals surface area contributed by atoms with E-state index < -0.39 is 4.92 Å². The van der Waals surface area contributed by atoms with Gasteiger partial charge in [0.15, 0.2) is 0 Å². The van der Waals surface area contributed by atoms with Crippen LogP contribution in [-0.2, 0) is 6.54 Å². The topological polar surface area (TPSA) is 58.4 Å². The molecule has 0 fully saturated rings. The number of benzene rings is 1. The smallest absolute Gasteiger partial charge is 0.270 e. The van der Waals surface area contributed by atoms with Gasteiger partial charge in [-0.25, -0.2) is 0 Å². The average molecular weight is 286 g/mol. The second kappa shape index (κ2) is 7.43. The first kappa shape index (κ1) is 15.9. The van der Waals surface area contributed by atoms with E-state index in [2.05, 4.69) is 31.1 Å². The minimum atomic E-state index is -0.444. The molecule has 0 aliphatic rings. The fraction of sp³-hybridized carbons (Fsp3) is 0.538. The molecular formula is C13H20ClN3O2. The predicted molar refractivity (Wildman–Crippen MR) is 77.6 cm³/mol. The Labute approximate surface area is 118 Å². The SMILES string of the molecule is CC(C)N(C)CCNCc1ccc([N+](=O)[O-])cc1Cl. The number of hydrogen-bond donors (Lipinski definition) is 1. The van der Waals surface area contributed by atoms with Crippen LogP contribution in [-0.4, -0.2) is 36.0 Å². The Hall–Kier alpha value is -1.17. The van der Waals surface area contributed by atoms with Crippen molar-refractivity contribution in [3.63, 3.8) is 0 Å². The van der Waals surface area contributed by atoms with Crippen LogP contribution in [0.15, 0.2) is 18.2 Å². The van der Waals surface area contributed by atoms with E-state index >= 15 is 0 Å². The van der Waals surface area contributed by atoms with Gasteiger partial charge in [0.1, 0.15) is 0 Å². The highest BCUT2D eigenvalue weighted by molar-refractivity contribution is 6.31. The normalized spacial score (nSPS) is 11.3. The second-order valence-corrected chi connectivity index (χ2v) is 5.19. The predicted octanol–water partition coefficient (Wildman–Crippen LogP) is 2.68. The molecule has 0 saturated heterocycles. The lowest BCUT2D eigenvalue weighted by Crippen LogP contribution is -2.33. The zero-order valence-electron chi connectivity index (χ0n) is 11.5. The number of nitrogens with one attached hydrogen (secondary N) is 1. The van der Waals surface area contributed by atoms with Crippen molar-refractivity contribution in [3.8, 4) is 0 Å². The first-order valence-corrected chi connectivity index (χ1v) is 6.63.